The molecule has 28 heavy (non-hydrogen) atoms. The van der Waals surface area contributed by atoms with Crippen molar-refractivity contribution in [3.05, 3.63) is 59.1 Å². The number of para-hydroxylation sites is 1. The van der Waals surface area contributed by atoms with Crippen LogP contribution in [0.25, 0.3) is 0 Å². The molecule has 1 aliphatic rings. The number of hydrogen-bond acceptors (Lipinski definition) is 6. The third-order valence-electron chi connectivity index (χ3n) is 4.38. The van der Waals surface area contributed by atoms with E-state index in [2.05, 4.69) is 0 Å². The molecule has 0 radical (unpaired) electrons. The van der Waals surface area contributed by atoms with Gasteiger partial charge in [0.05, 0.1) is 17.5 Å². The number of sulfone groups is 1. The number of nitrogens with zero attached hydrogens (tertiary/aromatic N) is 1. The number of phenols is 1. The Labute approximate surface area is 167 Å². The Morgan fingerprint density at radius 3 is 2.50 bits per heavy atom. The van der Waals surface area contributed by atoms with Gasteiger partial charge in [0.15, 0.2) is 16.4 Å². The summed E-state index contributed by atoms with van der Waals surface area (Å²) in [6.45, 7) is -0.591. The molecule has 0 spiro atoms. The van der Waals surface area contributed by atoms with Gasteiger partial charge in [0, 0.05) is 10.7 Å². The predicted octanol–water partition coefficient (Wildman–Crippen LogP) is 2.42. The highest BCUT2D eigenvalue weighted by atomic mass is 35.5. The lowest BCUT2D eigenvalue weighted by molar-refractivity contribution is -0.122. The minimum absolute atomic E-state index is 0.00666. The highest BCUT2D eigenvalue weighted by molar-refractivity contribution is 7.91. The minimum atomic E-state index is -3.21. The van der Waals surface area contributed by atoms with Crippen molar-refractivity contribution >= 4 is 39.0 Å². The van der Waals surface area contributed by atoms with Crippen LogP contribution in [0.3, 0.4) is 0 Å². The normalized spacial score (nSPS) is 17.8. The van der Waals surface area contributed by atoms with Crippen LogP contribution < -0.4 is 4.90 Å². The fourth-order valence-corrected chi connectivity index (χ4v) is 4.94. The number of phenolic OH excluding ortho intramolecular Hbond substituents is 1. The molecule has 2 aromatic carbocycles. The topological polar surface area (TPSA) is 101 Å². The first-order chi connectivity index (χ1) is 13.3. The van der Waals surface area contributed by atoms with E-state index >= 15 is 0 Å². The zero-order chi connectivity index (χ0) is 20.3. The summed E-state index contributed by atoms with van der Waals surface area (Å²) < 4.78 is 28.7. The smallest absolute Gasteiger partial charge is 0.342 e. The van der Waals surface area contributed by atoms with Gasteiger partial charge in [-0.05, 0) is 36.8 Å². The second-order valence-corrected chi connectivity index (χ2v) is 9.06. The number of halogens is 1. The molecule has 1 aliphatic heterocycles. The van der Waals surface area contributed by atoms with E-state index in [-0.39, 0.29) is 27.8 Å². The zero-order valence-corrected chi connectivity index (χ0v) is 16.3. The molecule has 1 heterocycles. The van der Waals surface area contributed by atoms with Gasteiger partial charge in [-0.1, -0.05) is 29.8 Å². The predicted molar refractivity (Wildman–Crippen MR) is 104 cm³/mol. The molecular formula is C19H18ClNO6S. The quantitative estimate of drug-likeness (QED) is 0.741. The molecule has 7 nitrogen and oxygen atoms in total. The molecule has 0 saturated carbocycles. The molecule has 1 atom stereocenters. The molecule has 1 unspecified atom stereocenters. The summed E-state index contributed by atoms with van der Waals surface area (Å²) in [6.07, 6.45) is 0.314. The monoisotopic (exact) mass is 423 g/mol. The van der Waals surface area contributed by atoms with E-state index < -0.39 is 34.4 Å². The fourth-order valence-electron chi connectivity index (χ4n) is 3.08. The van der Waals surface area contributed by atoms with Crippen LogP contribution in [-0.2, 0) is 19.4 Å². The Balaban J connectivity index is 1.75. The second-order valence-electron chi connectivity index (χ2n) is 6.39. The Kier molecular flexibility index (Phi) is 5.90. The highest BCUT2D eigenvalue weighted by Gasteiger charge is 2.35. The van der Waals surface area contributed by atoms with Crippen molar-refractivity contribution in [1.82, 2.24) is 0 Å². The Morgan fingerprint density at radius 2 is 1.89 bits per heavy atom. The average Bonchev–Trinajstić information content (AvgIpc) is 3.00. The van der Waals surface area contributed by atoms with Gasteiger partial charge in [0.25, 0.3) is 5.91 Å². The van der Waals surface area contributed by atoms with Crippen molar-refractivity contribution in [2.75, 3.05) is 23.0 Å². The lowest BCUT2D eigenvalue weighted by Gasteiger charge is -2.28. The van der Waals surface area contributed by atoms with Crippen molar-refractivity contribution in [3.63, 3.8) is 0 Å². The molecule has 1 amide bonds. The fraction of sp³-hybridized carbons (Fsp3) is 0.263. The van der Waals surface area contributed by atoms with Crippen LogP contribution in [0, 0.1) is 0 Å². The van der Waals surface area contributed by atoms with E-state index in [9.17, 15) is 23.1 Å². The molecule has 1 saturated heterocycles. The third kappa shape index (κ3) is 4.63. The molecule has 9 heteroatoms. The van der Waals surface area contributed by atoms with Gasteiger partial charge in [-0.15, -0.1) is 0 Å². The molecule has 1 N–H and O–H groups in total. The van der Waals surface area contributed by atoms with Gasteiger partial charge in [-0.3, -0.25) is 4.79 Å². The number of hydrogen-bond donors (Lipinski definition) is 1. The van der Waals surface area contributed by atoms with E-state index in [1.54, 1.807) is 30.3 Å². The van der Waals surface area contributed by atoms with Gasteiger partial charge in [0.2, 0.25) is 0 Å². The number of amides is 1. The van der Waals surface area contributed by atoms with E-state index in [1.807, 2.05) is 0 Å². The largest absolute Gasteiger partial charge is 0.507 e. The van der Waals surface area contributed by atoms with Crippen LogP contribution in [0.15, 0.2) is 48.5 Å². The lowest BCUT2D eigenvalue weighted by Crippen LogP contribution is -2.43. The summed E-state index contributed by atoms with van der Waals surface area (Å²) in [6, 6.07) is 12.0. The third-order valence-corrected chi connectivity index (χ3v) is 6.37. The average molecular weight is 424 g/mol. The molecule has 3 rings (SSSR count). The summed E-state index contributed by atoms with van der Waals surface area (Å²) in [4.78, 5) is 26.3. The van der Waals surface area contributed by atoms with Gasteiger partial charge < -0.3 is 14.7 Å². The van der Waals surface area contributed by atoms with Crippen molar-refractivity contribution < 1.29 is 27.9 Å². The molecule has 0 aliphatic carbocycles. The maximum atomic E-state index is 12.8. The van der Waals surface area contributed by atoms with Crippen LogP contribution >= 0.6 is 11.6 Å². The zero-order valence-electron chi connectivity index (χ0n) is 14.7. The molecule has 1 fully saturated rings. The summed E-state index contributed by atoms with van der Waals surface area (Å²) in [7, 11) is -3.21. The Morgan fingerprint density at radius 1 is 1.18 bits per heavy atom. The van der Waals surface area contributed by atoms with Crippen molar-refractivity contribution in [2.24, 2.45) is 0 Å². The number of benzene rings is 2. The minimum Gasteiger partial charge on any atom is -0.507 e. The number of carbonyl (C=O) groups is 2. The number of rotatable bonds is 5. The van der Waals surface area contributed by atoms with E-state index in [0.29, 0.717) is 12.1 Å². The van der Waals surface area contributed by atoms with Gasteiger partial charge in [0.1, 0.15) is 11.3 Å². The van der Waals surface area contributed by atoms with Gasteiger partial charge in [-0.25, -0.2) is 13.2 Å². The van der Waals surface area contributed by atoms with Crippen LogP contribution in [-0.4, -0.2) is 49.6 Å². The van der Waals surface area contributed by atoms with E-state index in [1.165, 1.54) is 23.1 Å². The first-order valence-electron chi connectivity index (χ1n) is 8.50. The SMILES string of the molecule is O=C(OCC(=O)N(c1ccccc1)C1CCS(=O)(=O)C1)c1ccc(Cl)cc1O. The van der Waals surface area contributed by atoms with Crippen LogP contribution in [0.2, 0.25) is 5.02 Å². The summed E-state index contributed by atoms with van der Waals surface area (Å²) >= 11 is 5.73. The number of anilines is 1. The van der Waals surface area contributed by atoms with Crippen molar-refractivity contribution in [1.29, 1.82) is 0 Å². The maximum Gasteiger partial charge on any atom is 0.342 e. The lowest BCUT2D eigenvalue weighted by atomic mass is 10.2. The number of ether oxygens (including phenoxy) is 1. The number of carbonyl (C=O) groups excluding carboxylic acids is 2. The maximum absolute atomic E-state index is 12.8. The standard InChI is InChI=1S/C19H18ClNO6S/c20-13-6-7-16(17(22)10-13)19(24)27-11-18(23)21(14-4-2-1-3-5-14)15-8-9-28(25,26)12-15/h1-7,10,15,22H,8-9,11-12H2. The molecule has 0 aromatic heterocycles. The highest BCUT2D eigenvalue weighted by Crippen LogP contribution is 2.25. The molecule has 2 aromatic rings. The summed E-state index contributed by atoms with van der Waals surface area (Å²) in [5.74, 6) is -1.91. The Bertz CT molecular complexity index is 993. The van der Waals surface area contributed by atoms with Gasteiger partial charge >= 0.3 is 5.97 Å². The van der Waals surface area contributed by atoms with Crippen LogP contribution in [0.4, 0.5) is 5.69 Å². The van der Waals surface area contributed by atoms with Crippen LogP contribution in [0.1, 0.15) is 16.8 Å². The molecule has 0 bridgehead atoms. The second kappa shape index (κ2) is 8.20. The Hall–Kier alpha value is -2.58. The van der Waals surface area contributed by atoms with Crippen LogP contribution in [0.5, 0.6) is 5.75 Å². The van der Waals surface area contributed by atoms with E-state index in [4.69, 9.17) is 16.3 Å². The molecule has 148 valence electrons. The first-order valence-corrected chi connectivity index (χ1v) is 10.7. The molecular weight excluding hydrogens is 406 g/mol. The summed E-state index contributed by atoms with van der Waals surface area (Å²) in [5.41, 5.74) is 0.409. The summed E-state index contributed by atoms with van der Waals surface area (Å²) in [5, 5.41) is 10.0. The van der Waals surface area contributed by atoms with Crippen molar-refractivity contribution in [2.45, 2.75) is 12.5 Å². The van der Waals surface area contributed by atoms with Crippen molar-refractivity contribution in [3.8, 4) is 5.75 Å². The van der Waals surface area contributed by atoms with E-state index in [0.717, 1.165) is 0 Å². The number of aromatic hydroxyl groups is 1. The number of esters is 1. The first kappa shape index (κ1) is 20.2. The van der Waals surface area contributed by atoms with Gasteiger partial charge in [-0.2, -0.15) is 0 Å².